The highest BCUT2D eigenvalue weighted by Gasteiger charge is 2.32. The Bertz CT molecular complexity index is 933. The maximum absolute atomic E-state index is 14.5. The van der Waals surface area contributed by atoms with Gasteiger partial charge in [-0.05, 0) is 59.5 Å². The lowest BCUT2D eigenvalue weighted by Crippen LogP contribution is -2.29. The molecule has 1 fully saturated rings. The van der Waals surface area contributed by atoms with Gasteiger partial charge in [-0.15, -0.1) is 0 Å². The molecule has 0 spiro atoms. The zero-order valence-corrected chi connectivity index (χ0v) is 16.4. The lowest BCUT2D eigenvalue weighted by Gasteiger charge is -2.15. The fourth-order valence-electron chi connectivity index (χ4n) is 3.99. The van der Waals surface area contributed by atoms with Crippen molar-refractivity contribution < 1.29 is 13.6 Å². The van der Waals surface area contributed by atoms with Crippen molar-refractivity contribution >= 4 is 34.1 Å². The largest absolute Gasteiger partial charge is 0.342 e. The van der Waals surface area contributed by atoms with Crippen molar-refractivity contribution in [2.24, 2.45) is 0 Å². The minimum Gasteiger partial charge on any atom is -0.342 e. The minimum atomic E-state index is -0.564. The molecule has 1 saturated heterocycles. The first-order valence-corrected chi connectivity index (χ1v) is 9.87. The Labute approximate surface area is 163 Å². The summed E-state index contributed by atoms with van der Waals surface area (Å²) >= 11 is 8.49. The molecule has 26 heavy (non-hydrogen) atoms. The van der Waals surface area contributed by atoms with Crippen molar-refractivity contribution in [3.05, 3.63) is 50.0 Å². The van der Waals surface area contributed by atoms with Gasteiger partial charge >= 0.3 is 0 Å². The van der Waals surface area contributed by atoms with E-state index in [1.165, 1.54) is 12.1 Å². The molecule has 1 N–H and O–H groups in total. The number of imidazole rings is 1. The van der Waals surface area contributed by atoms with Crippen molar-refractivity contribution in [3.63, 3.8) is 0 Å². The first-order valence-electron chi connectivity index (χ1n) is 8.67. The minimum absolute atomic E-state index is 0.0745. The van der Waals surface area contributed by atoms with E-state index in [-0.39, 0.29) is 28.3 Å². The number of aromatic nitrogens is 2. The molecule has 0 saturated carbocycles. The molecule has 0 radical (unpaired) electrons. The number of likely N-dealkylation sites (tertiary alicyclic amines) is 1. The number of nitrogens with zero attached hydrogens (tertiary/aromatic N) is 2. The molecule has 1 amide bonds. The fraction of sp³-hybridized carbons (Fsp3) is 0.444. The Morgan fingerprint density at radius 2 is 2.04 bits per heavy atom. The van der Waals surface area contributed by atoms with Crippen LogP contribution in [0.25, 0.3) is 0 Å². The number of H-pyrrole nitrogens is 1. The van der Waals surface area contributed by atoms with Crippen molar-refractivity contribution in [2.45, 2.75) is 38.1 Å². The quantitative estimate of drug-likeness (QED) is 0.575. The zero-order chi connectivity index (χ0) is 18.4. The van der Waals surface area contributed by atoms with E-state index in [0.717, 1.165) is 37.3 Å². The Kier molecular flexibility index (Phi) is 4.73. The summed E-state index contributed by atoms with van der Waals surface area (Å²) in [6, 6.07) is 2.64. The number of carbonyl (C=O) groups is 1. The van der Waals surface area contributed by atoms with E-state index in [0.29, 0.717) is 17.7 Å². The van der Waals surface area contributed by atoms with Gasteiger partial charge in [-0.3, -0.25) is 4.79 Å². The molecule has 2 aliphatic heterocycles. The Balaban J connectivity index is 1.61. The molecule has 2 aromatic rings. The standard InChI is InChI=1S/C18H18BrF2N3OS/c19-11-3-4-12(20)16(17(11)21)10-7-14-13(22-18(26)24(14)9-10)8-15(25)23-5-1-2-6-23/h3-4,10H,1-2,5-9H2,(H,22,26)/t10-/m1/s1. The van der Waals surface area contributed by atoms with Gasteiger partial charge in [-0.1, -0.05) is 0 Å². The van der Waals surface area contributed by atoms with E-state index in [4.69, 9.17) is 12.2 Å². The normalized spacial score (nSPS) is 19.2. The average Bonchev–Trinajstić information content (AvgIpc) is 3.31. The Morgan fingerprint density at radius 3 is 2.77 bits per heavy atom. The Morgan fingerprint density at radius 1 is 1.31 bits per heavy atom. The van der Waals surface area contributed by atoms with Crippen LogP contribution in [0.4, 0.5) is 8.78 Å². The summed E-state index contributed by atoms with van der Waals surface area (Å²) in [6.07, 6.45) is 2.79. The number of nitrogens with one attached hydrogen (secondary N) is 1. The summed E-state index contributed by atoms with van der Waals surface area (Å²) in [5.74, 6) is -1.37. The summed E-state index contributed by atoms with van der Waals surface area (Å²) < 4.78 is 31.4. The van der Waals surface area contributed by atoms with Crippen LogP contribution in [0.5, 0.6) is 0 Å². The van der Waals surface area contributed by atoms with Crippen molar-refractivity contribution in [3.8, 4) is 0 Å². The maximum Gasteiger partial charge on any atom is 0.228 e. The first kappa shape index (κ1) is 17.9. The van der Waals surface area contributed by atoms with E-state index < -0.39 is 11.6 Å². The number of halogens is 3. The molecule has 1 aromatic heterocycles. The highest BCUT2D eigenvalue weighted by atomic mass is 79.9. The molecule has 8 heteroatoms. The number of benzene rings is 1. The first-order chi connectivity index (χ1) is 12.5. The van der Waals surface area contributed by atoms with Gasteiger partial charge in [0.2, 0.25) is 5.91 Å². The van der Waals surface area contributed by atoms with Crippen LogP contribution in [0.3, 0.4) is 0 Å². The number of hydrogen-bond donors (Lipinski definition) is 1. The van der Waals surface area contributed by atoms with Gasteiger partial charge in [0.15, 0.2) is 4.77 Å². The van der Waals surface area contributed by atoms with Gasteiger partial charge in [0.25, 0.3) is 0 Å². The predicted octanol–water partition coefficient (Wildman–Crippen LogP) is 4.09. The topological polar surface area (TPSA) is 41.0 Å². The number of carbonyl (C=O) groups excluding carboxylic acids is 1. The molecule has 0 bridgehead atoms. The zero-order valence-electron chi connectivity index (χ0n) is 14.0. The third-order valence-electron chi connectivity index (χ3n) is 5.29. The van der Waals surface area contributed by atoms with E-state index in [2.05, 4.69) is 20.9 Å². The predicted molar refractivity (Wildman–Crippen MR) is 99.6 cm³/mol. The van der Waals surface area contributed by atoms with Crippen LogP contribution < -0.4 is 0 Å². The molecule has 0 unspecified atom stereocenters. The maximum atomic E-state index is 14.5. The molecular weight excluding hydrogens is 424 g/mol. The molecular formula is C18H18BrF2N3OS. The molecule has 138 valence electrons. The molecule has 0 aliphatic carbocycles. The van der Waals surface area contributed by atoms with E-state index in [1.807, 2.05) is 9.47 Å². The van der Waals surface area contributed by atoms with Crippen LogP contribution in [0.1, 0.15) is 35.7 Å². The highest BCUT2D eigenvalue weighted by Crippen LogP contribution is 2.36. The summed E-state index contributed by atoms with van der Waals surface area (Å²) in [5.41, 5.74) is 1.73. The molecule has 2 aliphatic rings. The van der Waals surface area contributed by atoms with E-state index >= 15 is 0 Å². The molecule has 3 heterocycles. The van der Waals surface area contributed by atoms with E-state index in [1.54, 1.807) is 0 Å². The van der Waals surface area contributed by atoms with Crippen LogP contribution >= 0.6 is 28.1 Å². The van der Waals surface area contributed by atoms with E-state index in [9.17, 15) is 13.6 Å². The lowest BCUT2D eigenvalue weighted by molar-refractivity contribution is -0.129. The monoisotopic (exact) mass is 441 g/mol. The van der Waals surface area contributed by atoms with Gasteiger partial charge in [-0.25, -0.2) is 8.78 Å². The number of amides is 1. The second kappa shape index (κ2) is 6.88. The molecule has 4 rings (SSSR count). The van der Waals surface area contributed by atoms with Gasteiger partial charge in [0.1, 0.15) is 11.6 Å². The Hall–Kier alpha value is -1.54. The third kappa shape index (κ3) is 3.03. The number of fused-ring (bicyclic) bond motifs is 1. The third-order valence-corrected chi connectivity index (χ3v) is 6.23. The van der Waals surface area contributed by atoms with Crippen LogP contribution in [-0.4, -0.2) is 33.4 Å². The van der Waals surface area contributed by atoms with Gasteiger partial charge in [0.05, 0.1) is 10.9 Å². The smallest absolute Gasteiger partial charge is 0.228 e. The molecule has 4 nitrogen and oxygen atoms in total. The fourth-order valence-corrected chi connectivity index (χ4v) is 4.64. The summed E-state index contributed by atoms with van der Waals surface area (Å²) in [5, 5.41) is 0. The average molecular weight is 442 g/mol. The van der Waals surface area contributed by atoms with Crippen LogP contribution in [0, 0.1) is 16.4 Å². The number of aromatic amines is 1. The second-order valence-electron chi connectivity index (χ2n) is 6.89. The number of hydrogen-bond acceptors (Lipinski definition) is 2. The van der Waals surface area contributed by atoms with Crippen molar-refractivity contribution in [1.82, 2.24) is 14.5 Å². The molecule has 1 atom stereocenters. The lowest BCUT2D eigenvalue weighted by atomic mass is 9.95. The highest BCUT2D eigenvalue weighted by molar-refractivity contribution is 9.10. The molecule has 1 aromatic carbocycles. The summed E-state index contributed by atoms with van der Waals surface area (Å²) in [6.45, 7) is 2.01. The van der Waals surface area contributed by atoms with Crippen molar-refractivity contribution in [2.75, 3.05) is 13.1 Å². The SMILES string of the molecule is O=C(Cc1[nH]c(=S)n2c1C[C@@H](c1c(F)ccc(Br)c1F)C2)N1CCCC1. The van der Waals surface area contributed by atoms with Crippen LogP contribution in [-0.2, 0) is 24.2 Å². The van der Waals surface area contributed by atoms with Gasteiger partial charge in [0, 0.05) is 42.5 Å². The van der Waals surface area contributed by atoms with Crippen LogP contribution in [0.2, 0.25) is 0 Å². The van der Waals surface area contributed by atoms with Gasteiger partial charge in [-0.2, -0.15) is 0 Å². The second-order valence-corrected chi connectivity index (χ2v) is 8.13. The van der Waals surface area contributed by atoms with Crippen molar-refractivity contribution in [1.29, 1.82) is 0 Å². The van der Waals surface area contributed by atoms with Crippen LogP contribution in [0.15, 0.2) is 16.6 Å². The summed E-state index contributed by atoms with van der Waals surface area (Å²) in [4.78, 5) is 17.4. The summed E-state index contributed by atoms with van der Waals surface area (Å²) in [7, 11) is 0. The number of rotatable bonds is 3. The van der Waals surface area contributed by atoms with Gasteiger partial charge < -0.3 is 14.5 Å².